The van der Waals surface area contributed by atoms with Gasteiger partial charge in [0.15, 0.2) is 0 Å². The van der Waals surface area contributed by atoms with Crippen molar-refractivity contribution in [1.29, 1.82) is 0 Å². The lowest BCUT2D eigenvalue weighted by Crippen LogP contribution is -2.02. The summed E-state index contributed by atoms with van der Waals surface area (Å²) in [5, 5.41) is 0. The van der Waals surface area contributed by atoms with Gasteiger partial charge in [0.25, 0.3) is 0 Å². The third kappa shape index (κ3) is 3.68. The van der Waals surface area contributed by atoms with E-state index in [0.717, 1.165) is 33.4 Å². The molecule has 29 heavy (non-hydrogen) atoms. The van der Waals surface area contributed by atoms with Crippen molar-refractivity contribution in [2.24, 2.45) is 0 Å². The molecular weight excluding hydrogens is 364 g/mol. The first-order valence-electron chi connectivity index (χ1n) is 9.64. The van der Waals surface area contributed by atoms with E-state index in [-0.39, 0.29) is 17.6 Å². The number of hydrogen-bond acceptors (Lipinski definition) is 1. The van der Waals surface area contributed by atoms with Gasteiger partial charge < -0.3 is 0 Å². The molecule has 0 unspecified atom stereocenters. The molecule has 0 amide bonds. The SMILES string of the molecule is CC(C)c1c(F)cc(-c2ccccc2)c(-c2ccc(F)cc2)c1-c1cccnc1. The van der Waals surface area contributed by atoms with Gasteiger partial charge in [0.05, 0.1) is 0 Å². The van der Waals surface area contributed by atoms with Gasteiger partial charge in [-0.1, -0.05) is 62.4 Å². The van der Waals surface area contributed by atoms with Gasteiger partial charge in [0, 0.05) is 18.0 Å². The van der Waals surface area contributed by atoms with Gasteiger partial charge in [-0.15, -0.1) is 0 Å². The van der Waals surface area contributed by atoms with Crippen LogP contribution in [-0.4, -0.2) is 4.98 Å². The molecule has 0 spiro atoms. The summed E-state index contributed by atoms with van der Waals surface area (Å²) < 4.78 is 29.1. The van der Waals surface area contributed by atoms with Crippen LogP contribution in [0.1, 0.15) is 25.3 Å². The number of nitrogens with zero attached hydrogens (tertiary/aromatic N) is 1. The van der Waals surface area contributed by atoms with E-state index >= 15 is 4.39 Å². The molecule has 0 aliphatic rings. The van der Waals surface area contributed by atoms with Crippen LogP contribution in [0.15, 0.2) is 85.2 Å². The maximum absolute atomic E-state index is 15.4. The summed E-state index contributed by atoms with van der Waals surface area (Å²) in [5.41, 5.74) is 5.69. The Morgan fingerprint density at radius 1 is 0.724 bits per heavy atom. The van der Waals surface area contributed by atoms with Crippen molar-refractivity contribution in [1.82, 2.24) is 4.98 Å². The topological polar surface area (TPSA) is 12.9 Å². The van der Waals surface area contributed by atoms with E-state index in [1.807, 2.05) is 56.3 Å². The molecule has 0 radical (unpaired) electrons. The first kappa shape index (κ1) is 19.0. The van der Waals surface area contributed by atoms with E-state index in [0.29, 0.717) is 5.56 Å². The normalized spacial score (nSPS) is 11.1. The van der Waals surface area contributed by atoms with Crippen LogP contribution in [0, 0.1) is 11.6 Å². The molecule has 0 aliphatic heterocycles. The number of aromatic nitrogens is 1. The van der Waals surface area contributed by atoms with E-state index in [9.17, 15) is 4.39 Å². The Labute approximate surface area is 169 Å². The maximum atomic E-state index is 15.4. The van der Waals surface area contributed by atoms with Gasteiger partial charge in [0.2, 0.25) is 0 Å². The first-order valence-corrected chi connectivity index (χ1v) is 9.64. The van der Waals surface area contributed by atoms with Gasteiger partial charge in [0.1, 0.15) is 11.6 Å². The highest BCUT2D eigenvalue weighted by Crippen LogP contribution is 2.45. The predicted molar refractivity (Wildman–Crippen MR) is 115 cm³/mol. The Morgan fingerprint density at radius 3 is 2.03 bits per heavy atom. The second-order valence-corrected chi connectivity index (χ2v) is 7.34. The number of rotatable bonds is 4. The van der Waals surface area contributed by atoms with Gasteiger partial charge >= 0.3 is 0 Å². The van der Waals surface area contributed by atoms with Gasteiger partial charge in [-0.3, -0.25) is 4.98 Å². The molecule has 1 heterocycles. The number of pyridine rings is 1. The van der Waals surface area contributed by atoms with Crippen LogP contribution in [0.4, 0.5) is 8.78 Å². The Kier molecular flexibility index (Phi) is 5.22. The van der Waals surface area contributed by atoms with Crippen LogP contribution < -0.4 is 0 Å². The smallest absolute Gasteiger partial charge is 0.127 e. The predicted octanol–water partition coefficient (Wildman–Crippen LogP) is 7.48. The van der Waals surface area contributed by atoms with Crippen molar-refractivity contribution in [2.45, 2.75) is 19.8 Å². The zero-order valence-corrected chi connectivity index (χ0v) is 16.4. The average Bonchev–Trinajstić information content (AvgIpc) is 2.74. The molecule has 4 rings (SSSR count). The second kappa shape index (κ2) is 7.96. The van der Waals surface area contributed by atoms with E-state index in [1.54, 1.807) is 30.6 Å². The van der Waals surface area contributed by atoms with Crippen LogP contribution in [0.2, 0.25) is 0 Å². The Hall–Kier alpha value is -3.33. The number of halogens is 2. The molecule has 1 nitrogen and oxygen atoms in total. The molecule has 0 N–H and O–H groups in total. The Bertz CT molecular complexity index is 1120. The molecule has 3 aromatic carbocycles. The summed E-state index contributed by atoms with van der Waals surface area (Å²) in [6.07, 6.45) is 3.45. The van der Waals surface area contributed by atoms with E-state index in [4.69, 9.17) is 0 Å². The van der Waals surface area contributed by atoms with Crippen LogP contribution in [0.5, 0.6) is 0 Å². The zero-order chi connectivity index (χ0) is 20.4. The fourth-order valence-corrected chi connectivity index (χ4v) is 3.80. The highest BCUT2D eigenvalue weighted by atomic mass is 19.1. The largest absolute Gasteiger partial charge is 0.264 e. The highest BCUT2D eigenvalue weighted by Gasteiger charge is 2.23. The minimum absolute atomic E-state index is 0.0331. The highest BCUT2D eigenvalue weighted by molar-refractivity contribution is 5.96. The molecule has 1 aromatic heterocycles. The third-order valence-electron chi connectivity index (χ3n) is 5.06. The van der Waals surface area contributed by atoms with Crippen LogP contribution >= 0.6 is 0 Å². The number of hydrogen-bond donors (Lipinski definition) is 0. The Balaban J connectivity index is 2.16. The summed E-state index contributed by atoms with van der Waals surface area (Å²) in [7, 11) is 0. The van der Waals surface area contributed by atoms with Gasteiger partial charge in [-0.05, 0) is 63.6 Å². The molecule has 3 heteroatoms. The van der Waals surface area contributed by atoms with Gasteiger partial charge in [-0.2, -0.15) is 0 Å². The molecule has 0 aliphatic carbocycles. The van der Waals surface area contributed by atoms with E-state index in [2.05, 4.69) is 4.98 Å². The lowest BCUT2D eigenvalue weighted by atomic mass is 9.82. The lowest BCUT2D eigenvalue weighted by molar-refractivity contribution is 0.600. The quantitative estimate of drug-likeness (QED) is 0.355. The van der Waals surface area contributed by atoms with Crippen molar-refractivity contribution in [3.63, 3.8) is 0 Å². The van der Waals surface area contributed by atoms with Crippen molar-refractivity contribution >= 4 is 0 Å². The fraction of sp³-hybridized carbons (Fsp3) is 0.115. The van der Waals surface area contributed by atoms with Crippen molar-refractivity contribution in [3.05, 3.63) is 102 Å². The summed E-state index contributed by atoms with van der Waals surface area (Å²) in [6, 6.07) is 21.5. The van der Waals surface area contributed by atoms with Crippen LogP contribution in [0.25, 0.3) is 33.4 Å². The minimum Gasteiger partial charge on any atom is -0.264 e. The van der Waals surface area contributed by atoms with Crippen molar-refractivity contribution < 1.29 is 8.78 Å². The van der Waals surface area contributed by atoms with Crippen LogP contribution in [0.3, 0.4) is 0 Å². The third-order valence-corrected chi connectivity index (χ3v) is 5.06. The second-order valence-electron chi connectivity index (χ2n) is 7.34. The van der Waals surface area contributed by atoms with Crippen LogP contribution in [-0.2, 0) is 0 Å². The van der Waals surface area contributed by atoms with Gasteiger partial charge in [-0.25, -0.2) is 8.78 Å². The monoisotopic (exact) mass is 385 g/mol. The average molecular weight is 385 g/mol. The van der Waals surface area contributed by atoms with E-state index in [1.165, 1.54) is 12.1 Å². The zero-order valence-electron chi connectivity index (χ0n) is 16.4. The summed E-state index contributed by atoms with van der Waals surface area (Å²) in [5.74, 6) is -0.582. The molecule has 0 saturated carbocycles. The molecule has 4 aromatic rings. The molecule has 0 atom stereocenters. The Morgan fingerprint density at radius 2 is 1.41 bits per heavy atom. The first-order chi connectivity index (χ1) is 14.1. The minimum atomic E-state index is -0.302. The van der Waals surface area contributed by atoms with Crippen molar-refractivity contribution in [2.75, 3.05) is 0 Å². The maximum Gasteiger partial charge on any atom is 0.127 e. The summed E-state index contributed by atoms with van der Waals surface area (Å²) in [4.78, 5) is 4.26. The molecular formula is C26H21F2N. The molecule has 0 bridgehead atoms. The summed E-state index contributed by atoms with van der Waals surface area (Å²) >= 11 is 0. The molecule has 144 valence electrons. The van der Waals surface area contributed by atoms with E-state index < -0.39 is 0 Å². The number of benzene rings is 3. The summed E-state index contributed by atoms with van der Waals surface area (Å²) in [6.45, 7) is 3.96. The molecule has 0 saturated heterocycles. The lowest BCUT2D eigenvalue weighted by Gasteiger charge is -2.22. The fourth-order valence-electron chi connectivity index (χ4n) is 3.80. The van der Waals surface area contributed by atoms with Crippen molar-refractivity contribution in [3.8, 4) is 33.4 Å². The molecule has 0 fully saturated rings. The standard InChI is InChI=1S/C26H21F2N/c1-17(2)24-23(28)15-22(18-7-4-3-5-8-18)25(19-10-12-21(27)13-11-19)26(24)20-9-6-14-29-16-20/h3-17H,1-2H3.